The van der Waals surface area contributed by atoms with Gasteiger partial charge in [0.2, 0.25) is 0 Å². The number of benzene rings is 1. The van der Waals surface area contributed by atoms with Crippen molar-refractivity contribution in [1.29, 1.82) is 0 Å². The molecule has 1 saturated heterocycles. The molecule has 5 nitrogen and oxygen atoms in total. The lowest BCUT2D eigenvalue weighted by Crippen LogP contribution is -2.42. The molecule has 1 fully saturated rings. The van der Waals surface area contributed by atoms with E-state index < -0.39 is 17.3 Å². The molecule has 0 unspecified atom stereocenters. The number of hydrogen-bond donors (Lipinski definition) is 2. The predicted molar refractivity (Wildman–Crippen MR) is 98.1 cm³/mol. The molecule has 2 heterocycles. The molecule has 6 heteroatoms. The van der Waals surface area contributed by atoms with Gasteiger partial charge in [-0.2, -0.15) is 0 Å². The maximum atomic E-state index is 13.4. The first kappa shape index (κ1) is 18.3. The van der Waals surface area contributed by atoms with Crippen LogP contribution in [-0.2, 0) is 16.9 Å². The van der Waals surface area contributed by atoms with Crippen LogP contribution in [0.15, 0.2) is 42.6 Å². The van der Waals surface area contributed by atoms with Crippen molar-refractivity contribution in [2.75, 3.05) is 18.0 Å². The summed E-state index contributed by atoms with van der Waals surface area (Å²) in [6.45, 7) is 3.54. The van der Waals surface area contributed by atoms with Gasteiger partial charge in [0.25, 0.3) is 5.91 Å². The summed E-state index contributed by atoms with van der Waals surface area (Å²) in [5.74, 6) is -0.190. The second kappa shape index (κ2) is 7.83. The molecule has 2 aromatic rings. The highest BCUT2D eigenvalue weighted by Gasteiger charge is 2.32. The lowest BCUT2D eigenvalue weighted by Gasteiger charge is -2.29. The standard InChI is InChI=1S/C20H24FN3O2/c1-20(26,16-8-5-9-17(21)13-16)19(25)23-14-15-7-6-10-22-18(15)24-11-3-2-4-12-24/h5-10,13,26H,2-4,11-12,14H2,1H3,(H,23,25)/t20-/m1/s1. The van der Waals surface area contributed by atoms with Gasteiger partial charge >= 0.3 is 0 Å². The number of aliphatic hydroxyl groups is 1. The normalized spacial score (nSPS) is 16.8. The fourth-order valence-electron chi connectivity index (χ4n) is 3.23. The molecule has 26 heavy (non-hydrogen) atoms. The van der Waals surface area contributed by atoms with Gasteiger partial charge in [-0.05, 0) is 49.9 Å². The van der Waals surface area contributed by atoms with Crippen LogP contribution in [0.2, 0.25) is 0 Å². The van der Waals surface area contributed by atoms with Crippen LogP contribution < -0.4 is 10.2 Å². The first-order valence-electron chi connectivity index (χ1n) is 8.94. The first-order valence-corrected chi connectivity index (χ1v) is 8.94. The van der Waals surface area contributed by atoms with Crippen LogP contribution in [0.25, 0.3) is 0 Å². The van der Waals surface area contributed by atoms with Gasteiger partial charge in [-0.1, -0.05) is 18.2 Å². The van der Waals surface area contributed by atoms with Crippen molar-refractivity contribution in [3.8, 4) is 0 Å². The minimum Gasteiger partial charge on any atom is -0.376 e. The number of carbonyl (C=O) groups is 1. The molecule has 0 spiro atoms. The number of rotatable bonds is 5. The highest BCUT2D eigenvalue weighted by Crippen LogP contribution is 2.24. The van der Waals surface area contributed by atoms with Gasteiger partial charge in [-0.3, -0.25) is 4.79 Å². The molecule has 2 N–H and O–H groups in total. The maximum absolute atomic E-state index is 13.4. The van der Waals surface area contributed by atoms with E-state index in [1.54, 1.807) is 6.20 Å². The van der Waals surface area contributed by atoms with Gasteiger partial charge in [0, 0.05) is 31.4 Å². The molecular formula is C20H24FN3O2. The van der Waals surface area contributed by atoms with E-state index >= 15 is 0 Å². The average molecular weight is 357 g/mol. The summed E-state index contributed by atoms with van der Waals surface area (Å²) in [7, 11) is 0. The number of nitrogens with zero attached hydrogens (tertiary/aromatic N) is 2. The molecule has 3 rings (SSSR count). The Kier molecular flexibility index (Phi) is 5.52. The summed E-state index contributed by atoms with van der Waals surface area (Å²) in [4.78, 5) is 19.2. The number of amides is 1. The van der Waals surface area contributed by atoms with Gasteiger partial charge < -0.3 is 15.3 Å². The van der Waals surface area contributed by atoms with Crippen molar-refractivity contribution in [1.82, 2.24) is 10.3 Å². The Bertz CT molecular complexity index is 773. The Labute approximate surface area is 152 Å². The molecule has 1 aromatic carbocycles. The number of carbonyl (C=O) groups excluding carboxylic acids is 1. The van der Waals surface area contributed by atoms with Crippen LogP contribution in [0.5, 0.6) is 0 Å². The summed E-state index contributed by atoms with van der Waals surface area (Å²) < 4.78 is 13.4. The van der Waals surface area contributed by atoms with E-state index in [4.69, 9.17) is 0 Å². The predicted octanol–water partition coefficient (Wildman–Crippen LogP) is 2.73. The molecule has 138 valence electrons. The van der Waals surface area contributed by atoms with Crippen LogP contribution in [0.3, 0.4) is 0 Å². The fourth-order valence-corrected chi connectivity index (χ4v) is 3.23. The molecule has 0 radical (unpaired) electrons. The minimum absolute atomic E-state index is 0.220. The molecule has 1 aromatic heterocycles. The fraction of sp³-hybridized carbons (Fsp3) is 0.400. The molecule has 0 aliphatic carbocycles. The topological polar surface area (TPSA) is 65.5 Å². The van der Waals surface area contributed by atoms with Crippen LogP contribution >= 0.6 is 0 Å². The molecule has 1 aliphatic rings. The van der Waals surface area contributed by atoms with Crippen LogP contribution in [-0.4, -0.2) is 29.1 Å². The zero-order valence-electron chi connectivity index (χ0n) is 14.9. The van der Waals surface area contributed by atoms with E-state index in [0.29, 0.717) is 0 Å². The van der Waals surface area contributed by atoms with Crippen molar-refractivity contribution >= 4 is 11.7 Å². The van der Waals surface area contributed by atoms with Crippen molar-refractivity contribution < 1.29 is 14.3 Å². The van der Waals surface area contributed by atoms with E-state index in [0.717, 1.165) is 37.3 Å². The van der Waals surface area contributed by atoms with Crippen molar-refractivity contribution in [2.24, 2.45) is 0 Å². The highest BCUT2D eigenvalue weighted by molar-refractivity contribution is 5.85. The summed E-state index contributed by atoms with van der Waals surface area (Å²) in [5.41, 5.74) is -0.689. The Hall–Kier alpha value is -2.47. The van der Waals surface area contributed by atoms with Crippen LogP contribution in [0.4, 0.5) is 10.2 Å². The second-order valence-electron chi connectivity index (χ2n) is 6.80. The third kappa shape index (κ3) is 4.02. The summed E-state index contributed by atoms with van der Waals surface area (Å²) in [6.07, 6.45) is 5.25. The zero-order valence-corrected chi connectivity index (χ0v) is 14.9. The smallest absolute Gasteiger partial charge is 0.256 e. The van der Waals surface area contributed by atoms with E-state index in [9.17, 15) is 14.3 Å². The molecule has 1 aliphatic heterocycles. The Morgan fingerprint density at radius 1 is 1.27 bits per heavy atom. The average Bonchev–Trinajstić information content (AvgIpc) is 2.67. The van der Waals surface area contributed by atoms with E-state index in [1.807, 2.05) is 12.1 Å². The summed E-state index contributed by atoms with van der Waals surface area (Å²) in [6, 6.07) is 9.21. The van der Waals surface area contributed by atoms with Gasteiger partial charge in [-0.15, -0.1) is 0 Å². The molecule has 1 amide bonds. The first-order chi connectivity index (χ1) is 12.5. The molecule has 1 atom stereocenters. The lowest BCUT2D eigenvalue weighted by atomic mass is 9.95. The SMILES string of the molecule is C[C@](O)(C(=O)NCc1cccnc1N1CCCCC1)c1cccc(F)c1. The van der Waals surface area contributed by atoms with Crippen LogP contribution in [0.1, 0.15) is 37.3 Å². The number of pyridine rings is 1. The zero-order chi connectivity index (χ0) is 18.6. The number of hydrogen-bond acceptors (Lipinski definition) is 4. The number of aromatic nitrogens is 1. The summed E-state index contributed by atoms with van der Waals surface area (Å²) >= 11 is 0. The largest absolute Gasteiger partial charge is 0.376 e. The van der Waals surface area contributed by atoms with E-state index in [-0.39, 0.29) is 12.1 Å². The van der Waals surface area contributed by atoms with Crippen molar-refractivity contribution in [3.05, 3.63) is 59.5 Å². The number of nitrogens with one attached hydrogen (secondary N) is 1. The summed E-state index contributed by atoms with van der Waals surface area (Å²) in [5, 5.41) is 13.3. The highest BCUT2D eigenvalue weighted by atomic mass is 19.1. The van der Waals surface area contributed by atoms with Gasteiger partial charge in [0.1, 0.15) is 11.6 Å². The molecule has 0 bridgehead atoms. The van der Waals surface area contributed by atoms with E-state index in [2.05, 4.69) is 15.2 Å². The Morgan fingerprint density at radius 2 is 2.04 bits per heavy atom. The van der Waals surface area contributed by atoms with Gasteiger partial charge in [0.15, 0.2) is 5.60 Å². The quantitative estimate of drug-likeness (QED) is 0.864. The lowest BCUT2D eigenvalue weighted by molar-refractivity contribution is -0.139. The Balaban J connectivity index is 1.71. The van der Waals surface area contributed by atoms with Gasteiger partial charge in [-0.25, -0.2) is 9.37 Å². The van der Waals surface area contributed by atoms with Gasteiger partial charge in [0.05, 0.1) is 0 Å². The number of halogens is 1. The number of anilines is 1. The van der Waals surface area contributed by atoms with Crippen molar-refractivity contribution in [2.45, 2.75) is 38.3 Å². The molecular weight excluding hydrogens is 333 g/mol. The van der Waals surface area contributed by atoms with Crippen LogP contribution in [0, 0.1) is 5.82 Å². The monoisotopic (exact) mass is 357 g/mol. The molecule has 0 saturated carbocycles. The Morgan fingerprint density at radius 3 is 2.77 bits per heavy atom. The minimum atomic E-state index is -1.81. The third-order valence-corrected chi connectivity index (χ3v) is 4.79. The second-order valence-corrected chi connectivity index (χ2v) is 6.80. The maximum Gasteiger partial charge on any atom is 0.256 e. The third-order valence-electron chi connectivity index (χ3n) is 4.79. The van der Waals surface area contributed by atoms with E-state index in [1.165, 1.54) is 37.6 Å². The number of piperidine rings is 1. The van der Waals surface area contributed by atoms with Crippen molar-refractivity contribution in [3.63, 3.8) is 0 Å².